The lowest BCUT2D eigenvalue weighted by molar-refractivity contribution is 0.322. The summed E-state index contributed by atoms with van der Waals surface area (Å²) in [6, 6.07) is 24.0. The summed E-state index contributed by atoms with van der Waals surface area (Å²) in [5.74, 6) is 1.71. The van der Waals surface area contributed by atoms with E-state index in [-0.39, 0.29) is 0 Å². The molecule has 0 amide bonds. The highest BCUT2D eigenvalue weighted by atomic mass is 35.5. The van der Waals surface area contributed by atoms with Crippen LogP contribution in [0.1, 0.15) is 11.1 Å². The zero-order chi connectivity index (χ0) is 18.9. The molecule has 0 bridgehead atoms. The lowest BCUT2D eigenvalue weighted by Crippen LogP contribution is -2.11. The summed E-state index contributed by atoms with van der Waals surface area (Å²) in [5, 5.41) is 4.10. The van der Waals surface area contributed by atoms with E-state index in [1.165, 1.54) is 5.56 Å². The van der Waals surface area contributed by atoms with Crippen LogP contribution >= 0.6 is 11.6 Å². The first-order chi connectivity index (χ1) is 13.2. The predicted molar refractivity (Wildman–Crippen MR) is 112 cm³/mol. The quantitative estimate of drug-likeness (QED) is 0.478. The molecule has 0 radical (unpaired) electrons. The maximum Gasteiger partial charge on any atom is 0.119 e. The Bertz CT molecular complexity index is 835. The minimum Gasteiger partial charge on any atom is -0.493 e. The molecule has 0 fully saturated rings. The number of hydrogen-bond donors (Lipinski definition) is 1. The van der Waals surface area contributed by atoms with Crippen LogP contribution in [0.4, 0.5) is 5.69 Å². The Morgan fingerprint density at radius 2 is 1.52 bits per heavy atom. The SMILES string of the molecule is Cc1cc(OCCNc2ccc(OCCc3ccccc3)cc2)ccc1Cl. The number of nitrogens with one attached hydrogen (secondary N) is 1. The topological polar surface area (TPSA) is 30.5 Å². The first-order valence-corrected chi connectivity index (χ1v) is 9.48. The van der Waals surface area contributed by atoms with Gasteiger partial charge in [0.15, 0.2) is 0 Å². The Balaban J connectivity index is 1.36. The lowest BCUT2D eigenvalue weighted by atomic mass is 10.2. The van der Waals surface area contributed by atoms with Gasteiger partial charge < -0.3 is 14.8 Å². The van der Waals surface area contributed by atoms with Gasteiger partial charge in [-0.05, 0) is 60.5 Å². The molecule has 140 valence electrons. The molecule has 0 aliphatic rings. The van der Waals surface area contributed by atoms with Gasteiger partial charge in [-0.2, -0.15) is 0 Å². The Morgan fingerprint density at radius 3 is 2.26 bits per heavy atom. The van der Waals surface area contributed by atoms with Crippen LogP contribution in [0.3, 0.4) is 0 Å². The van der Waals surface area contributed by atoms with Gasteiger partial charge in [0.2, 0.25) is 0 Å². The standard InChI is InChI=1S/C23H24ClNO2/c1-18-17-22(11-12-23(18)24)27-16-14-25-20-7-9-21(10-8-20)26-15-13-19-5-3-2-4-6-19/h2-12,17,25H,13-16H2,1H3. The van der Waals surface area contributed by atoms with Crippen molar-refractivity contribution in [2.45, 2.75) is 13.3 Å². The highest BCUT2D eigenvalue weighted by Gasteiger charge is 2.00. The molecular weight excluding hydrogens is 358 g/mol. The van der Waals surface area contributed by atoms with Gasteiger partial charge in [0, 0.05) is 23.7 Å². The van der Waals surface area contributed by atoms with E-state index in [0.717, 1.165) is 40.7 Å². The highest BCUT2D eigenvalue weighted by molar-refractivity contribution is 6.31. The Kier molecular flexibility index (Phi) is 7.00. The third-order valence-electron chi connectivity index (χ3n) is 4.19. The normalized spacial score (nSPS) is 10.4. The number of benzene rings is 3. The highest BCUT2D eigenvalue weighted by Crippen LogP contribution is 2.21. The summed E-state index contributed by atoms with van der Waals surface area (Å²) < 4.78 is 11.5. The van der Waals surface area contributed by atoms with Crippen molar-refractivity contribution in [2.24, 2.45) is 0 Å². The van der Waals surface area contributed by atoms with E-state index in [2.05, 4.69) is 17.4 Å². The molecule has 0 atom stereocenters. The third kappa shape index (κ3) is 6.22. The fourth-order valence-corrected chi connectivity index (χ4v) is 2.79. The number of rotatable bonds is 9. The second-order valence-electron chi connectivity index (χ2n) is 6.29. The van der Waals surface area contributed by atoms with Crippen molar-refractivity contribution < 1.29 is 9.47 Å². The molecule has 1 N–H and O–H groups in total. The second-order valence-corrected chi connectivity index (χ2v) is 6.70. The monoisotopic (exact) mass is 381 g/mol. The van der Waals surface area contributed by atoms with E-state index < -0.39 is 0 Å². The van der Waals surface area contributed by atoms with Crippen LogP contribution in [-0.2, 0) is 6.42 Å². The summed E-state index contributed by atoms with van der Waals surface area (Å²) in [6.45, 7) is 3.94. The molecule has 0 saturated carbocycles. The number of halogens is 1. The first kappa shape index (κ1) is 19.1. The summed E-state index contributed by atoms with van der Waals surface area (Å²) in [5.41, 5.74) is 3.35. The summed E-state index contributed by atoms with van der Waals surface area (Å²) >= 11 is 6.02. The zero-order valence-electron chi connectivity index (χ0n) is 15.5. The number of ether oxygens (including phenoxy) is 2. The molecule has 3 rings (SSSR count). The van der Waals surface area contributed by atoms with E-state index >= 15 is 0 Å². The second kappa shape index (κ2) is 9.89. The van der Waals surface area contributed by atoms with Gasteiger partial charge in [0.1, 0.15) is 18.1 Å². The Morgan fingerprint density at radius 1 is 0.815 bits per heavy atom. The molecule has 0 aliphatic heterocycles. The van der Waals surface area contributed by atoms with Crippen molar-refractivity contribution in [3.63, 3.8) is 0 Å². The fraction of sp³-hybridized carbons (Fsp3) is 0.217. The molecule has 3 aromatic rings. The van der Waals surface area contributed by atoms with Gasteiger partial charge in [-0.25, -0.2) is 0 Å². The van der Waals surface area contributed by atoms with Crippen molar-refractivity contribution >= 4 is 17.3 Å². The summed E-state index contributed by atoms with van der Waals surface area (Å²) in [4.78, 5) is 0. The van der Waals surface area contributed by atoms with Gasteiger partial charge >= 0.3 is 0 Å². The summed E-state index contributed by atoms with van der Waals surface area (Å²) in [7, 11) is 0. The predicted octanol–water partition coefficient (Wildman–Crippen LogP) is 5.76. The van der Waals surface area contributed by atoms with Gasteiger partial charge in [0.05, 0.1) is 6.61 Å². The van der Waals surface area contributed by atoms with Crippen LogP contribution < -0.4 is 14.8 Å². The van der Waals surface area contributed by atoms with Crippen LogP contribution in [0.5, 0.6) is 11.5 Å². The Labute approximate surface area is 165 Å². The third-order valence-corrected chi connectivity index (χ3v) is 4.61. The van der Waals surface area contributed by atoms with Crippen LogP contribution in [0.25, 0.3) is 0 Å². The molecule has 4 heteroatoms. The maximum atomic E-state index is 6.02. The minimum atomic E-state index is 0.580. The van der Waals surface area contributed by atoms with Gasteiger partial charge in [0.25, 0.3) is 0 Å². The van der Waals surface area contributed by atoms with Crippen molar-refractivity contribution in [3.05, 3.63) is 88.9 Å². The molecule has 3 nitrogen and oxygen atoms in total. The van der Waals surface area contributed by atoms with Gasteiger partial charge in [-0.1, -0.05) is 41.9 Å². The molecule has 0 aromatic heterocycles. The minimum absolute atomic E-state index is 0.580. The van der Waals surface area contributed by atoms with Gasteiger partial charge in [-0.15, -0.1) is 0 Å². The number of anilines is 1. The number of hydrogen-bond acceptors (Lipinski definition) is 3. The van der Waals surface area contributed by atoms with Crippen LogP contribution in [0.2, 0.25) is 5.02 Å². The van der Waals surface area contributed by atoms with E-state index in [1.54, 1.807) is 0 Å². The average molecular weight is 382 g/mol. The Hall–Kier alpha value is -2.65. The van der Waals surface area contributed by atoms with Gasteiger partial charge in [-0.3, -0.25) is 0 Å². The molecule has 0 heterocycles. The maximum absolute atomic E-state index is 6.02. The van der Waals surface area contributed by atoms with Crippen molar-refractivity contribution in [1.29, 1.82) is 0 Å². The molecular formula is C23H24ClNO2. The smallest absolute Gasteiger partial charge is 0.119 e. The van der Waals surface area contributed by atoms with E-state index in [9.17, 15) is 0 Å². The van der Waals surface area contributed by atoms with E-state index in [0.29, 0.717) is 13.2 Å². The van der Waals surface area contributed by atoms with Crippen LogP contribution in [0, 0.1) is 6.92 Å². The van der Waals surface area contributed by atoms with Crippen molar-refractivity contribution in [2.75, 3.05) is 25.1 Å². The fourth-order valence-electron chi connectivity index (χ4n) is 2.67. The molecule has 0 saturated heterocycles. The van der Waals surface area contributed by atoms with E-state index in [4.69, 9.17) is 21.1 Å². The molecule has 3 aromatic carbocycles. The van der Waals surface area contributed by atoms with Crippen LogP contribution in [0.15, 0.2) is 72.8 Å². The van der Waals surface area contributed by atoms with Crippen molar-refractivity contribution in [1.82, 2.24) is 0 Å². The number of aryl methyl sites for hydroxylation is 1. The molecule has 0 unspecified atom stereocenters. The average Bonchev–Trinajstić information content (AvgIpc) is 2.70. The molecule has 0 aliphatic carbocycles. The zero-order valence-corrected chi connectivity index (χ0v) is 16.2. The first-order valence-electron chi connectivity index (χ1n) is 9.10. The molecule has 0 spiro atoms. The van der Waals surface area contributed by atoms with Crippen LogP contribution in [-0.4, -0.2) is 19.8 Å². The van der Waals surface area contributed by atoms with Crippen molar-refractivity contribution in [3.8, 4) is 11.5 Å². The largest absolute Gasteiger partial charge is 0.493 e. The van der Waals surface area contributed by atoms with E-state index in [1.807, 2.05) is 67.6 Å². The lowest BCUT2D eigenvalue weighted by Gasteiger charge is -2.11. The summed E-state index contributed by atoms with van der Waals surface area (Å²) in [6.07, 6.45) is 0.905. The molecule has 27 heavy (non-hydrogen) atoms.